The van der Waals surface area contributed by atoms with Crippen molar-refractivity contribution in [3.63, 3.8) is 0 Å². The molecule has 0 aliphatic heterocycles. The minimum Gasteiger partial charge on any atom is -0.444 e. The topological polar surface area (TPSA) is 100 Å². The number of aliphatic hydroxyl groups is 1. The average Bonchev–Trinajstić information content (AvgIpc) is 3.53. The molecule has 1 aromatic carbocycles. The van der Waals surface area contributed by atoms with Gasteiger partial charge in [0.05, 0.1) is 28.8 Å². The van der Waals surface area contributed by atoms with Crippen LogP contribution in [0.4, 0.5) is 5.13 Å². The lowest BCUT2D eigenvalue weighted by molar-refractivity contribution is -0.115. The second-order valence-electron chi connectivity index (χ2n) is 10.1. The highest BCUT2D eigenvalue weighted by Gasteiger charge is 2.26. The molecule has 0 atom stereocenters. The van der Waals surface area contributed by atoms with Crippen molar-refractivity contribution in [2.24, 2.45) is 5.41 Å². The van der Waals surface area contributed by atoms with E-state index in [0.29, 0.717) is 23.2 Å². The van der Waals surface area contributed by atoms with Crippen LogP contribution in [-0.4, -0.2) is 34.1 Å². The molecule has 0 spiro atoms. The Labute approximate surface area is 222 Å². The summed E-state index contributed by atoms with van der Waals surface area (Å²) in [4.78, 5) is 21.3. The van der Waals surface area contributed by atoms with Gasteiger partial charge in [0, 0.05) is 30.5 Å². The van der Waals surface area contributed by atoms with E-state index in [1.54, 1.807) is 18.0 Å². The summed E-state index contributed by atoms with van der Waals surface area (Å²) in [5.74, 6) is 2.18. The molecule has 0 aliphatic rings. The quantitative estimate of drug-likeness (QED) is 0.227. The fourth-order valence-corrected chi connectivity index (χ4v) is 5.24. The fourth-order valence-electron chi connectivity index (χ4n) is 3.50. The van der Waals surface area contributed by atoms with Crippen LogP contribution in [0.25, 0.3) is 0 Å². The summed E-state index contributed by atoms with van der Waals surface area (Å²) in [5, 5.41) is 16.2. The van der Waals surface area contributed by atoms with Crippen molar-refractivity contribution >= 4 is 34.1 Å². The van der Waals surface area contributed by atoms with Crippen LogP contribution in [-0.2, 0) is 28.9 Å². The van der Waals surface area contributed by atoms with E-state index in [1.165, 1.54) is 11.3 Å². The van der Waals surface area contributed by atoms with Crippen molar-refractivity contribution in [1.82, 2.24) is 15.3 Å². The number of carbonyl (C=O) groups is 1. The van der Waals surface area contributed by atoms with Gasteiger partial charge < -0.3 is 20.2 Å². The highest BCUT2D eigenvalue weighted by atomic mass is 32.2. The summed E-state index contributed by atoms with van der Waals surface area (Å²) in [7, 11) is 0. The Morgan fingerprint density at radius 3 is 2.44 bits per heavy atom. The first-order valence-electron chi connectivity index (χ1n) is 12.4. The van der Waals surface area contributed by atoms with Crippen LogP contribution in [0.3, 0.4) is 0 Å². The van der Waals surface area contributed by atoms with E-state index >= 15 is 0 Å². The Balaban J connectivity index is 1.44. The van der Waals surface area contributed by atoms with Gasteiger partial charge in [0.2, 0.25) is 11.8 Å². The minimum absolute atomic E-state index is 0.0204. The van der Waals surface area contributed by atoms with Gasteiger partial charge in [0.25, 0.3) is 0 Å². The third kappa shape index (κ3) is 8.16. The van der Waals surface area contributed by atoms with Crippen LogP contribution in [0.15, 0.2) is 45.3 Å². The second-order valence-corrected chi connectivity index (χ2v) is 12.4. The van der Waals surface area contributed by atoms with Crippen LogP contribution < -0.4 is 10.6 Å². The molecule has 2 heterocycles. The number of nitrogens with zero attached hydrogens (tertiary/aromatic N) is 2. The highest BCUT2D eigenvalue weighted by molar-refractivity contribution is 8.00. The van der Waals surface area contributed by atoms with E-state index in [-0.39, 0.29) is 23.3 Å². The van der Waals surface area contributed by atoms with Crippen molar-refractivity contribution in [3.8, 4) is 0 Å². The summed E-state index contributed by atoms with van der Waals surface area (Å²) in [5.41, 5.74) is 1.97. The second kappa shape index (κ2) is 12.9. The van der Waals surface area contributed by atoms with Gasteiger partial charge in [-0.15, -0.1) is 11.8 Å². The van der Waals surface area contributed by atoms with Gasteiger partial charge in [-0.3, -0.25) is 4.79 Å². The van der Waals surface area contributed by atoms with Crippen LogP contribution >= 0.6 is 23.1 Å². The Morgan fingerprint density at radius 2 is 1.78 bits per heavy atom. The molecule has 3 aromatic rings. The minimum atomic E-state index is -0.142. The molecule has 0 radical (unpaired) electrons. The van der Waals surface area contributed by atoms with E-state index in [4.69, 9.17) is 4.42 Å². The van der Waals surface area contributed by atoms with Gasteiger partial charge in [-0.2, -0.15) is 0 Å². The molecule has 9 heteroatoms. The number of anilines is 1. The summed E-state index contributed by atoms with van der Waals surface area (Å²) >= 11 is 3.06. The highest BCUT2D eigenvalue weighted by Crippen LogP contribution is 2.34. The molecule has 2 aromatic heterocycles. The molecule has 3 rings (SSSR count). The number of hydrogen-bond acceptors (Lipinski definition) is 8. The standard InChI is InChI=1S/C27H38N4O3S2/c1-6-27(5,7-2)21-14-29-23(34-21)16-35-24-15-30-25(36-24)31-22(33)12-19-8-10-20(11-9-19)13-28-17-26(3,4)18-32/h8-11,14-15,28,32H,6-7,12-13,16-18H2,1-5H3,(H,30,31,33). The maximum Gasteiger partial charge on any atom is 0.230 e. The molecule has 0 unspecified atom stereocenters. The van der Waals surface area contributed by atoms with Gasteiger partial charge in [-0.1, -0.05) is 70.2 Å². The first kappa shape index (κ1) is 28.4. The van der Waals surface area contributed by atoms with Crippen molar-refractivity contribution < 1.29 is 14.3 Å². The van der Waals surface area contributed by atoms with Crippen LogP contribution in [0.5, 0.6) is 0 Å². The van der Waals surface area contributed by atoms with E-state index in [0.717, 1.165) is 47.0 Å². The maximum absolute atomic E-state index is 12.5. The van der Waals surface area contributed by atoms with E-state index in [2.05, 4.69) is 41.4 Å². The number of aromatic nitrogens is 2. The molecule has 0 saturated heterocycles. The lowest BCUT2D eigenvalue weighted by Gasteiger charge is -2.22. The predicted molar refractivity (Wildman–Crippen MR) is 147 cm³/mol. The number of rotatable bonds is 14. The first-order chi connectivity index (χ1) is 17.2. The SMILES string of the molecule is CCC(C)(CC)c1cnc(CSc2cnc(NC(=O)Cc3ccc(CNCC(C)(C)CO)cc3)s2)o1. The molecule has 3 N–H and O–H groups in total. The third-order valence-electron chi connectivity index (χ3n) is 6.53. The van der Waals surface area contributed by atoms with Crippen molar-refractivity contribution in [2.45, 2.75) is 75.8 Å². The monoisotopic (exact) mass is 530 g/mol. The number of carbonyl (C=O) groups excluding carboxylic acids is 1. The summed E-state index contributed by atoms with van der Waals surface area (Å²) in [6, 6.07) is 8.00. The number of hydrogen-bond donors (Lipinski definition) is 3. The van der Waals surface area contributed by atoms with Crippen molar-refractivity contribution in [2.75, 3.05) is 18.5 Å². The first-order valence-corrected chi connectivity index (χ1v) is 14.2. The molecule has 0 fully saturated rings. The number of benzene rings is 1. The lowest BCUT2D eigenvalue weighted by Crippen LogP contribution is -2.31. The molecule has 0 aliphatic carbocycles. The molecular weight excluding hydrogens is 492 g/mol. The molecule has 0 saturated carbocycles. The van der Waals surface area contributed by atoms with Gasteiger partial charge in [0.15, 0.2) is 5.13 Å². The van der Waals surface area contributed by atoms with Gasteiger partial charge in [-0.05, 0) is 24.0 Å². The Kier molecular flexibility index (Phi) is 10.1. The molecule has 7 nitrogen and oxygen atoms in total. The fraction of sp³-hybridized carbons (Fsp3) is 0.519. The van der Waals surface area contributed by atoms with E-state index in [1.807, 2.05) is 44.3 Å². The Hall–Kier alpha value is -2.20. The van der Waals surface area contributed by atoms with Crippen LogP contribution in [0, 0.1) is 5.41 Å². The largest absolute Gasteiger partial charge is 0.444 e. The van der Waals surface area contributed by atoms with Gasteiger partial charge in [-0.25, -0.2) is 9.97 Å². The Bertz CT molecular complexity index is 1100. The van der Waals surface area contributed by atoms with Crippen molar-refractivity contribution in [3.05, 3.63) is 59.4 Å². The number of thioether (sulfide) groups is 1. The zero-order chi connectivity index (χ0) is 26.2. The summed E-state index contributed by atoms with van der Waals surface area (Å²) in [6.45, 7) is 12.2. The summed E-state index contributed by atoms with van der Waals surface area (Å²) < 4.78 is 7.01. The normalized spacial score (nSPS) is 12.2. The van der Waals surface area contributed by atoms with Crippen LogP contribution in [0.2, 0.25) is 0 Å². The average molecular weight is 531 g/mol. The maximum atomic E-state index is 12.5. The number of nitrogens with one attached hydrogen (secondary N) is 2. The molecule has 36 heavy (non-hydrogen) atoms. The van der Waals surface area contributed by atoms with E-state index in [9.17, 15) is 9.90 Å². The third-order valence-corrected chi connectivity index (χ3v) is 8.62. The number of thiazole rings is 1. The van der Waals surface area contributed by atoms with Crippen LogP contribution in [0.1, 0.15) is 70.2 Å². The zero-order valence-corrected chi connectivity index (χ0v) is 23.5. The smallest absolute Gasteiger partial charge is 0.230 e. The molecule has 196 valence electrons. The van der Waals surface area contributed by atoms with Gasteiger partial charge >= 0.3 is 0 Å². The number of amides is 1. The molecule has 0 bridgehead atoms. The number of aliphatic hydroxyl groups excluding tert-OH is 1. The van der Waals surface area contributed by atoms with E-state index < -0.39 is 0 Å². The van der Waals surface area contributed by atoms with Gasteiger partial charge in [0.1, 0.15) is 5.76 Å². The Morgan fingerprint density at radius 1 is 1.08 bits per heavy atom. The molecule has 1 amide bonds. The summed E-state index contributed by atoms with van der Waals surface area (Å²) in [6.07, 6.45) is 5.93. The zero-order valence-electron chi connectivity index (χ0n) is 21.9. The predicted octanol–water partition coefficient (Wildman–Crippen LogP) is 5.79. The molecular formula is C27H38N4O3S2. The lowest BCUT2D eigenvalue weighted by atomic mass is 9.83. The number of oxazole rings is 1. The van der Waals surface area contributed by atoms with Crippen molar-refractivity contribution in [1.29, 1.82) is 0 Å².